The van der Waals surface area contributed by atoms with Gasteiger partial charge >= 0.3 is 23.1 Å². The zero-order chi connectivity index (χ0) is 2.71. The van der Waals surface area contributed by atoms with Gasteiger partial charge in [0, 0.05) is 0 Å². The Balaban J connectivity index is -0.00000000667. The predicted molar refractivity (Wildman–Crippen MR) is 27.6 cm³/mol. The van der Waals surface area contributed by atoms with Crippen molar-refractivity contribution in [2.24, 2.45) is 5.64 Å². The Morgan fingerprint density at radius 1 is 2.00 bits per heavy atom. The molecule has 0 rings (SSSR count). The average molecular weight is 86.1 g/mol. The van der Waals surface area contributed by atoms with Gasteiger partial charge in [-0.2, -0.15) is 9.12 Å². The van der Waals surface area contributed by atoms with E-state index in [1.165, 1.54) is 7.13 Å². The van der Waals surface area contributed by atoms with Crippen LogP contribution in [0.1, 0.15) is 2.85 Å². The first kappa shape index (κ1) is 8.97. The standard InChI is InChI=1S/BH4NP.Mg.2H/c2-1-3;;;/h2-3H2;;;/q;+2;2*-1. The molecule has 2 N–H and O–H groups in total. The largest absolute Gasteiger partial charge is 2.00 e. The summed E-state index contributed by atoms with van der Waals surface area (Å²) in [7, 11) is 3.65. The summed E-state index contributed by atoms with van der Waals surface area (Å²) in [5.41, 5.74) is 4.69. The van der Waals surface area contributed by atoms with Crippen LogP contribution < -0.4 is 5.64 Å². The van der Waals surface area contributed by atoms with Gasteiger partial charge in [0.15, 0.2) is 0 Å². The minimum atomic E-state index is 0. The molecule has 21 valence electrons. The molecule has 0 heterocycles. The van der Waals surface area contributed by atoms with Crippen molar-refractivity contribution in [2.75, 3.05) is 0 Å². The molecule has 0 fully saturated rings. The van der Waals surface area contributed by atoms with Crippen LogP contribution in [-0.4, -0.2) is 30.2 Å². The van der Waals surface area contributed by atoms with E-state index in [2.05, 4.69) is 14.8 Å². The maximum Gasteiger partial charge on any atom is 2.00 e. The van der Waals surface area contributed by atoms with Crippen LogP contribution in [0.25, 0.3) is 0 Å². The molecule has 0 amide bonds. The smallest absolute Gasteiger partial charge is 1.00 e. The van der Waals surface area contributed by atoms with Gasteiger partial charge in [-0.1, -0.05) is 0 Å². The van der Waals surface area contributed by atoms with E-state index >= 15 is 0 Å². The third kappa shape index (κ3) is 10.7. The van der Waals surface area contributed by atoms with Crippen molar-refractivity contribution in [3.8, 4) is 0 Å². The van der Waals surface area contributed by atoms with E-state index in [1.807, 2.05) is 0 Å². The van der Waals surface area contributed by atoms with Gasteiger partial charge in [0.2, 0.25) is 7.13 Å². The van der Waals surface area contributed by atoms with Gasteiger partial charge in [0.25, 0.3) is 0 Å². The molecule has 0 aliphatic rings. The minimum absolute atomic E-state index is 0. The SMILES string of the molecule is N[B]P.[H-].[H-].[Mg+2]. The third-order valence-corrected chi connectivity index (χ3v) is 0. The van der Waals surface area contributed by atoms with Gasteiger partial charge in [0.1, 0.15) is 0 Å². The second kappa shape index (κ2) is 8.88. The molecule has 0 aliphatic carbocycles. The molecule has 4 heavy (non-hydrogen) atoms. The summed E-state index contributed by atoms with van der Waals surface area (Å²) in [4.78, 5) is 0. The number of rotatable bonds is 0. The quantitative estimate of drug-likeness (QED) is 0.303. The van der Waals surface area contributed by atoms with Gasteiger partial charge in [-0.3, -0.25) is 0 Å². The summed E-state index contributed by atoms with van der Waals surface area (Å²) in [6, 6.07) is 0. The summed E-state index contributed by atoms with van der Waals surface area (Å²) in [6.45, 7) is 0. The zero-order valence-corrected chi connectivity index (χ0v) is 5.01. The van der Waals surface area contributed by atoms with Crippen LogP contribution in [0.15, 0.2) is 0 Å². The van der Waals surface area contributed by atoms with Crippen molar-refractivity contribution in [3.05, 3.63) is 0 Å². The molecular weight excluding hydrogens is 80.1 g/mol. The molecule has 1 unspecified atom stereocenters. The number of hydrogen-bond donors (Lipinski definition) is 1. The van der Waals surface area contributed by atoms with Crippen LogP contribution in [0.4, 0.5) is 0 Å². The summed E-state index contributed by atoms with van der Waals surface area (Å²) in [5, 5.41) is 0. The van der Waals surface area contributed by atoms with Crippen LogP contribution in [0.3, 0.4) is 0 Å². The molecule has 1 atom stereocenters. The first-order valence-electron chi connectivity index (χ1n) is 0.667. The van der Waals surface area contributed by atoms with Crippen LogP contribution >= 0.6 is 9.12 Å². The van der Waals surface area contributed by atoms with Crippen molar-refractivity contribution < 1.29 is 2.85 Å². The van der Waals surface area contributed by atoms with Crippen molar-refractivity contribution >= 4 is 39.3 Å². The van der Waals surface area contributed by atoms with Gasteiger partial charge in [-0.05, 0) is 0 Å². The number of nitrogens with two attached hydrogens (primary N) is 1. The fraction of sp³-hybridized carbons (Fsp3) is 0. The molecule has 0 spiro atoms. The van der Waals surface area contributed by atoms with E-state index in [1.54, 1.807) is 0 Å². The third-order valence-electron chi connectivity index (χ3n) is 0. The van der Waals surface area contributed by atoms with Crippen molar-refractivity contribution in [1.82, 2.24) is 0 Å². The summed E-state index contributed by atoms with van der Waals surface area (Å²) in [5.74, 6) is 0. The Kier molecular flexibility index (Phi) is 19.9. The van der Waals surface area contributed by atoms with Gasteiger partial charge in [-0.15, -0.1) is 0 Å². The topological polar surface area (TPSA) is 26.0 Å². The van der Waals surface area contributed by atoms with E-state index < -0.39 is 0 Å². The van der Waals surface area contributed by atoms with Crippen LogP contribution in [0, 0.1) is 0 Å². The maximum absolute atomic E-state index is 4.69. The Labute approximate surface area is 48.3 Å². The Morgan fingerprint density at radius 3 is 2.00 bits per heavy atom. The molecule has 4 heteroatoms. The van der Waals surface area contributed by atoms with Crippen LogP contribution in [0.5, 0.6) is 0 Å². The molecule has 0 saturated heterocycles. The predicted octanol–water partition coefficient (Wildman–Crippen LogP) is -0.801. The van der Waals surface area contributed by atoms with E-state index in [0.717, 1.165) is 0 Å². The maximum atomic E-state index is 4.69. The Morgan fingerprint density at radius 2 is 2.00 bits per heavy atom. The van der Waals surface area contributed by atoms with Crippen LogP contribution in [-0.2, 0) is 0 Å². The summed E-state index contributed by atoms with van der Waals surface area (Å²) < 4.78 is 0. The second-order valence-electron chi connectivity index (χ2n) is 0.192. The first-order chi connectivity index (χ1) is 1.41. The molecule has 0 saturated carbocycles. The molecule has 1 radical (unpaired) electrons. The van der Waals surface area contributed by atoms with E-state index in [4.69, 9.17) is 0 Å². The van der Waals surface area contributed by atoms with Crippen LogP contribution in [0.2, 0.25) is 0 Å². The van der Waals surface area contributed by atoms with Crippen molar-refractivity contribution in [3.63, 3.8) is 0 Å². The van der Waals surface area contributed by atoms with Crippen molar-refractivity contribution in [2.45, 2.75) is 0 Å². The monoisotopic (exact) mass is 86.0 g/mol. The van der Waals surface area contributed by atoms with E-state index in [0.29, 0.717) is 0 Å². The van der Waals surface area contributed by atoms with Crippen molar-refractivity contribution in [1.29, 1.82) is 0 Å². The molecule has 0 aromatic carbocycles. The fourth-order valence-corrected chi connectivity index (χ4v) is 0. The normalized spacial score (nSPS) is 3.50. The molecule has 1 nitrogen and oxygen atoms in total. The van der Waals surface area contributed by atoms with E-state index in [-0.39, 0.29) is 25.9 Å². The first-order valence-corrected chi connectivity index (χ1v) is 1.33. The van der Waals surface area contributed by atoms with Gasteiger partial charge in [0.05, 0.1) is 0 Å². The fourth-order valence-electron chi connectivity index (χ4n) is 0. The average Bonchev–Trinajstić information content (AvgIpc) is 0.918. The van der Waals surface area contributed by atoms with Gasteiger partial charge in [-0.25, -0.2) is 0 Å². The molecular formula is H6BMgNP. The summed E-state index contributed by atoms with van der Waals surface area (Å²) in [6.07, 6.45) is 0. The minimum Gasteiger partial charge on any atom is -1.00 e. The van der Waals surface area contributed by atoms with Gasteiger partial charge < -0.3 is 8.50 Å². The summed E-state index contributed by atoms with van der Waals surface area (Å²) >= 11 is 0. The second-order valence-corrected chi connectivity index (χ2v) is 0.577. The molecule has 0 aliphatic heterocycles. The van der Waals surface area contributed by atoms with E-state index in [9.17, 15) is 0 Å². The number of hydrogen-bond acceptors (Lipinski definition) is 1. The Hall–Kier alpha value is 1.22. The molecule has 0 bridgehead atoms. The Bertz CT molecular complexity index is 13.5. The molecule has 0 aromatic rings. The molecule has 0 aromatic heterocycles. The zero-order valence-electron chi connectivity index (χ0n) is 4.44.